The van der Waals surface area contributed by atoms with Crippen LogP contribution in [0.15, 0.2) is 35.1 Å². The fourth-order valence-electron chi connectivity index (χ4n) is 2.27. The van der Waals surface area contributed by atoms with Crippen molar-refractivity contribution in [1.29, 1.82) is 0 Å². The van der Waals surface area contributed by atoms with E-state index in [0.29, 0.717) is 30.8 Å². The summed E-state index contributed by atoms with van der Waals surface area (Å²) >= 11 is 0. The molecule has 1 aliphatic rings. The van der Waals surface area contributed by atoms with Gasteiger partial charge >= 0.3 is 0 Å². The summed E-state index contributed by atoms with van der Waals surface area (Å²) in [7, 11) is 1.59. The molecule has 1 aromatic carbocycles. The summed E-state index contributed by atoms with van der Waals surface area (Å²) in [5, 5.41) is 6.95. The molecule has 0 spiro atoms. The molecule has 0 aliphatic carbocycles. The Morgan fingerprint density at radius 2 is 2.09 bits per heavy atom. The zero-order valence-electron chi connectivity index (χ0n) is 12.7. The maximum Gasteiger partial charge on any atom is 0.266 e. The maximum atomic E-state index is 11.9. The van der Waals surface area contributed by atoms with Gasteiger partial charge in [-0.15, -0.1) is 0 Å². The highest BCUT2D eigenvalue weighted by Gasteiger charge is 2.13. The number of aromatic nitrogens is 2. The van der Waals surface area contributed by atoms with Crippen LogP contribution in [0.5, 0.6) is 11.5 Å². The average Bonchev–Trinajstić information content (AvgIpc) is 3.01. The lowest BCUT2D eigenvalue weighted by molar-refractivity contribution is -0.121. The molecule has 120 valence electrons. The van der Waals surface area contributed by atoms with Crippen LogP contribution in [0.1, 0.15) is 17.7 Å². The van der Waals surface area contributed by atoms with Gasteiger partial charge < -0.3 is 14.8 Å². The summed E-state index contributed by atoms with van der Waals surface area (Å²) in [6, 6.07) is 8.68. The highest BCUT2D eigenvalue weighted by atomic mass is 16.7. The van der Waals surface area contributed by atoms with Crippen LogP contribution >= 0.6 is 0 Å². The van der Waals surface area contributed by atoms with E-state index in [1.165, 1.54) is 10.7 Å². The van der Waals surface area contributed by atoms with E-state index in [0.717, 1.165) is 11.3 Å². The SMILES string of the molecule is Cn1nc(CCC(=O)NCc2ccc3c(c2)OCO3)ccc1=O. The molecule has 7 nitrogen and oxygen atoms in total. The molecule has 2 aromatic rings. The van der Waals surface area contributed by atoms with E-state index in [2.05, 4.69) is 10.4 Å². The Bertz CT molecular complexity index is 785. The number of amides is 1. The number of rotatable bonds is 5. The number of aryl methyl sites for hydroxylation is 2. The fraction of sp³-hybridized carbons (Fsp3) is 0.312. The van der Waals surface area contributed by atoms with E-state index in [9.17, 15) is 9.59 Å². The first-order valence-electron chi connectivity index (χ1n) is 7.30. The zero-order chi connectivity index (χ0) is 16.2. The predicted octanol–water partition coefficient (Wildman–Crippen LogP) is 0.758. The van der Waals surface area contributed by atoms with Crippen molar-refractivity contribution in [3.05, 3.63) is 51.9 Å². The minimum absolute atomic E-state index is 0.0710. The molecular formula is C16H17N3O4. The molecule has 0 unspecified atom stereocenters. The van der Waals surface area contributed by atoms with Gasteiger partial charge in [0.15, 0.2) is 11.5 Å². The van der Waals surface area contributed by atoms with Crippen molar-refractivity contribution >= 4 is 5.91 Å². The van der Waals surface area contributed by atoms with Gasteiger partial charge in [-0.1, -0.05) is 6.07 Å². The van der Waals surface area contributed by atoms with E-state index < -0.39 is 0 Å². The van der Waals surface area contributed by atoms with Crippen molar-refractivity contribution in [3.8, 4) is 11.5 Å². The van der Waals surface area contributed by atoms with Crippen LogP contribution in [0.3, 0.4) is 0 Å². The van der Waals surface area contributed by atoms with E-state index >= 15 is 0 Å². The molecule has 0 saturated carbocycles. The third-order valence-electron chi connectivity index (χ3n) is 3.55. The standard InChI is InChI=1S/C16H17N3O4/c1-19-16(21)7-4-12(18-19)3-6-15(20)17-9-11-2-5-13-14(8-11)23-10-22-13/h2,4-5,7-8H,3,6,9-10H2,1H3,(H,17,20). The average molecular weight is 315 g/mol. The Balaban J connectivity index is 1.49. The minimum atomic E-state index is -0.166. The van der Waals surface area contributed by atoms with E-state index in [4.69, 9.17) is 9.47 Å². The monoisotopic (exact) mass is 315 g/mol. The van der Waals surface area contributed by atoms with Gasteiger partial charge in [-0.3, -0.25) is 9.59 Å². The first-order chi connectivity index (χ1) is 11.1. The third kappa shape index (κ3) is 3.68. The largest absolute Gasteiger partial charge is 0.454 e. The Hall–Kier alpha value is -2.83. The number of carbonyl (C=O) groups excluding carboxylic acids is 1. The molecule has 23 heavy (non-hydrogen) atoms. The second-order valence-corrected chi connectivity index (χ2v) is 5.25. The highest BCUT2D eigenvalue weighted by Crippen LogP contribution is 2.32. The molecule has 1 amide bonds. The molecule has 1 aliphatic heterocycles. The van der Waals surface area contributed by atoms with Crippen LogP contribution in [0.25, 0.3) is 0 Å². The minimum Gasteiger partial charge on any atom is -0.454 e. The zero-order valence-corrected chi connectivity index (χ0v) is 12.7. The maximum absolute atomic E-state index is 11.9. The Kier molecular flexibility index (Phi) is 4.27. The summed E-state index contributed by atoms with van der Waals surface area (Å²) in [5.41, 5.74) is 1.49. The first-order valence-corrected chi connectivity index (χ1v) is 7.30. The number of nitrogens with one attached hydrogen (secondary N) is 1. The lowest BCUT2D eigenvalue weighted by atomic mass is 10.2. The normalized spacial score (nSPS) is 12.2. The van der Waals surface area contributed by atoms with Gasteiger partial charge in [-0.05, 0) is 23.8 Å². The number of benzene rings is 1. The second kappa shape index (κ2) is 6.51. The summed E-state index contributed by atoms with van der Waals surface area (Å²) in [6.07, 6.45) is 0.802. The topological polar surface area (TPSA) is 82.5 Å². The van der Waals surface area contributed by atoms with Crippen molar-refractivity contribution in [2.45, 2.75) is 19.4 Å². The quantitative estimate of drug-likeness (QED) is 0.881. The lowest BCUT2D eigenvalue weighted by Crippen LogP contribution is -2.24. The number of hydrogen-bond acceptors (Lipinski definition) is 5. The molecule has 0 bridgehead atoms. The molecule has 7 heteroatoms. The summed E-state index contributed by atoms with van der Waals surface area (Å²) in [6.45, 7) is 0.661. The molecular weight excluding hydrogens is 298 g/mol. The van der Waals surface area contributed by atoms with Crippen LogP contribution in [0.4, 0.5) is 0 Å². The summed E-state index contributed by atoms with van der Waals surface area (Å²) < 4.78 is 11.8. The van der Waals surface area contributed by atoms with Crippen LogP contribution in [-0.2, 0) is 24.8 Å². The van der Waals surface area contributed by atoms with Crippen molar-refractivity contribution < 1.29 is 14.3 Å². The van der Waals surface area contributed by atoms with Gasteiger partial charge in [-0.2, -0.15) is 5.10 Å². The van der Waals surface area contributed by atoms with Crippen molar-refractivity contribution in [2.24, 2.45) is 7.05 Å². The number of ether oxygens (including phenoxy) is 2. The lowest BCUT2D eigenvalue weighted by Gasteiger charge is -2.06. The Labute approximate surface area is 132 Å². The van der Waals surface area contributed by atoms with E-state index in [-0.39, 0.29) is 18.3 Å². The third-order valence-corrected chi connectivity index (χ3v) is 3.55. The number of fused-ring (bicyclic) bond motifs is 1. The van der Waals surface area contributed by atoms with Gasteiger partial charge in [0.05, 0.1) is 5.69 Å². The van der Waals surface area contributed by atoms with Crippen molar-refractivity contribution in [3.63, 3.8) is 0 Å². The van der Waals surface area contributed by atoms with Gasteiger partial charge in [0.25, 0.3) is 5.56 Å². The van der Waals surface area contributed by atoms with Crippen LogP contribution in [0, 0.1) is 0 Å². The molecule has 1 N–H and O–H groups in total. The predicted molar refractivity (Wildman–Crippen MR) is 82.2 cm³/mol. The summed E-state index contributed by atoms with van der Waals surface area (Å²) in [5.74, 6) is 1.35. The molecule has 0 atom stereocenters. The fourth-order valence-corrected chi connectivity index (χ4v) is 2.27. The molecule has 1 aromatic heterocycles. The second-order valence-electron chi connectivity index (χ2n) is 5.25. The molecule has 3 rings (SSSR count). The number of carbonyl (C=O) groups is 1. The van der Waals surface area contributed by atoms with Gasteiger partial charge in [-0.25, -0.2) is 4.68 Å². The van der Waals surface area contributed by atoms with Crippen LogP contribution < -0.4 is 20.3 Å². The first kappa shape index (κ1) is 15.1. The molecule has 0 saturated heterocycles. The molecule has 2 heterocycles. The van der Waals surface area contributed by atoms with Gasteiger partial charge in [0.2, 0.25) is 12.7 Å². The van der Waals surface area contributed by atoms with Crippen molar-refractivity contribution in [1.82, 2.24) is 15.1 Å². The summed E-state index contributed by atoms with van der Waals surface area (Å²) in [4.78, 5) is 23.2. The van der Waals surface area contributed by atoms with Crippen molar-refractivity contribution in [2.75, 3.05) is 6.79 Å². The van der Waals surface area contributed by atoms with Crippen LogP contribution in [-0.4, -0.2) is 22.5 Å². The molecule has 0 fully saturated rings. The Morgan fingerprint density at radius 3 is 2.91 bits per heavy atom. The number of nitrogens with zero attached hydrogens (tertiary/aromatic N) is 2. The number of hydrogen-bond donors (Lipinski definition) is 1. The van der Waals surface area contributed by atoms with E-state index in [1.54, 1.807) is 13.1 Å². The van der Waals surface area contributed by atoms with E-state index in [1.807, 2.05) is 18.2 Å². The Morgan fingerprint density at radius 1 is 1.26 bits per heavy atom. The smallest absolute Gasteiger partial charge is 0.266 e. The molecule has 0 radical (unpaired) electrons. The van der Waals surface area contributed by atoms with Gasteiger partial charge in [0, 0.05) is 32.5 Å². The van der Waals surface area contributed by atoms with Crippen LogP contribution in [0.2, 0.25) is 0 Å². The highest BCUT2D eigenvalue weighted by molar-refractivity contribution is 5.76. The van der Waals surface area contributed by atoms with Gasteiger partial charge in [0.1, 0.15) is 0 Å².